The smallest absolute Gasteiger partial charge is 0.0835 e. The minimum Gasteiger partial charge on any atom is -0.392 e. The molecule has 0 amide bonds. The molecule has 0 rings (SSSR count). The Balaban J connectivity index is 4.48. The molecule has 0 aromatic rings. The lowest BCUT2D eigenvalue weighted by atomic mass is 9.93. The summed E-state index contributed by atoms with van der Waals surface area (Å²) in [5.74, 6) is 0. The highest BCUT2D eigenvalue weighted by atomic mass is 15.1. The Hall–Kier alpha value is -0.860. The number of azo groups is 1. The molecule has 0 radical (unpaired) electrons. The van der Waals surface area contributed by atoms with E-state index in [4.69, 9.17) is 0 Å². The Morgan fingerprint density at radius 3 is 2.18 bits per heavy atom. The van der Waals surface area contributed by atoms with Gasteiger partial charge in [0.25, 0.3) is 0 Å². The van der Waals surface area contributed by atoms with Gasteiger partial charge in [-0.25, -0.2) is 0 Å². The predicted octanol–water partition coefficient (Wildman–Crippen LogP) is 2.18. The molecule has 3 heteroatoms. The van der Waals surface area contributed by atoms with Crippen LogP contribution >= 0.6 is 0 Å². The van der Waals surface area contributed by atoms with E-state index in [9.17, 15) is 0 Å². The second kappa shape index (κ2) is 4.11. The molecule has 0 aromatic carbocycles. The molecule has 0 unspecified atom stereocenters. The van der Waals surface area contributed by atoms with Crippen molar-refractivity contribution in [3.8, 4) is 0 Å². The summed E-state index contributed by atoms with van der Waals surface area (Å²) >= 11 is 0. The van der Waals surface area contributed by atoms with E-state index in [-0.39, 0.29) is 5.41 Å². The molecule has 0 aliphatic rings. The third-order valence-electron chi connectivity index (χ3n) is 1.26. The fourth-order valence-electron chi connectivity index (χ4n) is 0.640. The van der Waals surface area contributed by atoms with Crippen molar-refractivity contribution in [1.82, 2.24) is 5.32 Å². The Morgan fingerprint density at radius 1 is 1.36 bits per heavy atom. The summed E-state index contributed by atoms with van der Waals surface area (Å²) in [7, 11) is 3.53. The molecule has 0 aromatic heterocycles. The van der Waals surface area contributed by atoms with E-state index in [2.05, 4.69) is 36.3 Å². The monoisotopic (exact) mass is 155 g/mol. The normalized spacial score (nSPS) is 14.1. The number of hydrogen-bond donors (Lipinski definition) is 1. The maximum Gasteiger partial charge on any atom is 0.0835 e. The molecule has 0 atom stereocenters. The molecule has 0 heterocycles. The number of rotatable bonds is 2. The summed E-state index contributed by atoms with van der Waals surface area (Å²) in [4.78, 5) is 0. The first kappa shape index (κ1) is 10.1. The number of nitrogens with one attached hydrogen (secondary N) is 1. The van der Waals surface area contributed by atoms with Gasteiger partial charge in [-0.05, 0) is 0 Å². The summed E-state index contributed by atoms with van der Waals surface area (Å²) in [5, 5.41) is 10.7. The molecular formula is C8H17N3. The standard InChI is InChI=1S/C8H17N3/c1-8(2,3)7(6-9-4)11-10-5/h6,9H,1-5H3/b7-6-,11-10-. The molecule has 0 aliphatic heterocycles. The zero-order chi connectivity index (χ0) is 8.91. The van der Waals surface area contributed by atoms with Gasteiger partial charge in [0.2, 0.25) is 0 Å². The van der Waals surface area contributed by atoms with E-state index >= 15 is 0 Å². The van der Waals surface area contributed by atoms with Crippen LogP contribution in [0, 0.1) is 5.41 Å². The first-order valence-corrected chi connectivity index (χ1v) is 3.70. The first-order chi connectivity index (χ1) is 5.02. The van der Waals surface area contributed by atoms with Crippen LogP contribution in [0.25, 0.3) is 0 Å². The first-order valence-electron chi connectivity index (χ1n) is 3.70. The zero-order valence-electron chi connectivity index (χ0n) is 7.97. The Kier molecular flexibility index (Phi) is 3.79. The van der Waals surface area contributed by atoms with E-state index < -0.39 is 0 Å². The van der Waals surface area contributed by atoms with Crippen molar-refractivity contribution < 1.29 is 0 Å². The third kappa shape index (κ3) is 3.75. The molecule has 64 valence electrons. The van der Waals surface area contributed by atoms with Gasteiger partial charge in [-0.3, -0.25) is 0 Å². The second-order valence-corrected chi connectivity index (χ2v) is 3.37. The van der Waals surface area contributed by atoms with Gasteiger partial charge in [0.05, 0.1) is 5.70 Å². The van der Waals surface area contributed by atoms with Crippen LogP contribution in [0.4, 0.5) is 0 Å². The van der Waals surface area contributed by atoms with Crippen LogP contribution in [0.3, 0.4) is 0 Å². The van der Waals surface area contributed by atoms with Gasteiger partial charge in [0, 0.05) is 25.7 Å². The molecular weight excluding hydrogens is 138 g/mol. The molecule has 11 heavy (non-hydrogen) atoms. The lowest BCUT2D eigenvalue weighted by molar-refractivity contribution is 0.488. The topological polar surface area (TPSA) is 36.8 Å². The van der Waals surface area contributed by atoms with Crippen molar-refractivity contribution in [1.29, 1.82) is 0 Å². The van der Waals surface area contributed by atoms with Crippen molar-refractivity contribution in [2.24, 2.45) is 15.6 Å². The van der Waals surface area contributed by atoms with Crippen LogP contribution in [-0.2, 0) is 0 Å². The molecule has 1 N–H and O–H groups in total. The number of allylic oxidation sites excluding steroid dienone is 1. The summed E-state index contributed by atoms with van der Waals surface area (Å²) in [6.07, 6.45) is 1.87. The van der Waals surface area contributed by atoms with E-state index in [1.165, 1.54) is 0 Å². The molecule has 0 spiro atoms. The van der Waals surface area contributed by atoms with E-state index in [0.717, 1.165) is 5.70 Å². The summed E-state index contributed by atoms with van der Waals surface area (Å²) in [5.41, 5.74) is 1.02. The lowest BCUT2D eigenvalue weighted by Gasteiger charge is -2.17. The van der Waals surface area contributed by atoms with Gasteiger partial charge in [-0.1, -0.05) is 20.8 Å². The summed E-state index contributed by atoms with van der Waals surface area (Å²) < 4.78 is 0. The lowest BCUT2D eigenvalue weighted by Crippen LogP contribution is -2.10. The van der Waals surface area contributed by atoms with Crippen molar-refractivity contribution >= 4 is 0 Å². The summed E-state index contributed by atoms with van der Waals surface area (Å²) in [6, 6.07) is 0. The van der Waals surface area contributed by atoms with Crippen LogP contribution in [0.1, 0.15) is 20.8 Å². The predicted molar refractivity (Wildman–Crippen MR) is 47.4 cm³/mol. The molecule has 0 fully saturated rings. The fourth-order valence-corrected chi connectivity index (χ4v) is 0.640. The summed E-state index contributed by atoms with van der Waals surface area (Å²) in [6.45, 7) is 6.31. The highest BCUT2D eigenvalue weighted by Gasteiger charge is 2.16. The van der Waals surface area contributed by atoms with Crippen LogP contribution in [-0.4, -0.2) is 14.1 Å². The van der Waals surface area contributed by atoms with Crippen molar-refractivity contribution in [3.63, 3.8) is 0 Å². The molecule has 0 saturated heterocycles. The SMILES string of the molecule is C/N=N\C(=C/NC)C(C)(C)C. The van der Waals surface area contributed by atoms with Gasteiger partial charge >= 0.3 is 0 Å². The Morgan fingerprint density at radius 2 is 1.91 bits per heavy atom. The van der Waals surface area contributed by atoms with Crippen LogP contribution in [0.2, 0.25) is 0 Å². The van der Waals surface area contributed by atoms with Crippen LogP contribution < -0.4 is 5.32 Å². The van der Waals surface area contributed by atoms with Crippen LogP contribution in [0.15, 0.2) is 22.1 Å². The molecule has 0 aliphatic carbocycles. The van der Waals surface area contributed by atoms with Gasteiger partial charge in [-0.15, -0.1) is 0 Å². The average molecular weight is 155 g/mol. The van der Waals surface area contributed by atoms with Gasteiger partial charge in [0.1, 0.15) is 0 Å². The Bertz CT molecular complexity index is 163. The highest BCUT2D eigenvalue weighted by Crippen LogP contribution is 2.25. The van der Waals surface area contributed by atoms with Crippen LogP contribution in [0.5, 0.6) is 0 Å². The van der Waals surface area contributed by atoms with Gasteiger partial charge in [-0.2, -0.15) is 10.2 Å². The third-order valence-corrected chi connectivity index (χ3v) is 1.26. The maximum absolute atomic E-state index is 4.01. The van der Waals surface area contributed by atoms with E-state index in [1.807, 2.05) is 13.2 Å². The quantitative estimate of drug-likeness (QED) is 0.610. The second-order valence-electron chi connectivity index (χ2n) is 3.37. The molecule has 0 saturated carbocycles. The van der Waals surface area contributed by atoms with Crippen molar-refractivity contribution in [2.75, 3.05) is 14.1 Å². The average Bonchev–Trinajstić information content (AvgIpc) is 1.85. The van der Waals surface area contributed by atoms with Gasteiger partial charge < -0.3 is 5.32 Å². The minimum atomic E-state index is 0.0581. The molecule has 0 bridgehead atoms. The largest absolute Gasteiger partial charge is 0.392 e. The Labute approximate surface area is 68.6 Å². The molecule has 3 nitrogen and oxygen atoms in total. The van der Waals surface area contributed by atoms with E-state index in [1.54, 1.807) is 7.05 Å². The zero-order valence-corrected chi connectivity index (χ0v) is 7.97. The number of nitrogens with zero attached hydrogens (tertiary/aromatic N) is 2. The van der Waals surface area contributed by atoms with E-state index in [0.29, 0.717) is 0 Å². The number of hydrogen-bond acceptors (Lipinski definition) is 3. The highest BCUT2D eigenvalue weighted by molar-refractivity contribution is 5.06. The van der Waals surface area contributed by atoms with Crippen molar-refractivity contribution in [2.45, 2.75) is 20.8 Å². The van der Waals surface area contributed by atoms with Crippen molar-refractivity contribution in [3.05, 3.63) is 11.9 Å². The maximum atomic E-state index is 4.01. The fraction of sp³-hybridized carbons (Fsp3) is 0.750. The van der Waals surface area contributed by atoms with Gasteiger partial charge in [0.15, 0.2) is 0 Å². The minimum absolute atomic E-state index is 0.0581.